The van der Waals surface area contributed by atoms with Gasteiger partial charge in [0.25, 0.3) is 0 Å². The van der Waals surface area contributed by atoms with Crippen LogP contribution in [0.25, 0.3) is 0 Å². The lowest BCUT2D eigenvalue weighted by Gasteiger charge is -2.32. The predicted octanol–water partition coefficient (Wildman–Crippen LogP) is 3.11. The van der Waals surface area contributed by atoms with E-state index in [1.807, 2.05) is 12.1 Å². The number of sulfonamides is 1. The van der Waals surface area contributed by atoms with E-state index in [1.54, 1.807) is 49.6 Å². The van der Waals surface area contributed by atoms with E-state index in [0.29, 0.717) is 16.9 Å². The summed E-state index contributed by atoms with van der Waals surface area (Å²) in [5, 5.41) is 2.88. The summed E-state index contributed by atoms with van der Waals surface area (Å²) in [5.41, 5.74) is 1.96. The van der Waals surface area contributed by atoms with Crippen molar-refractivity contribution in [3.05, 3.63) is 101 Å². The van der Waals surface area contributed by atoms with Gasteiger partial charge >= 0.3 is 0 Å². The average molecular weight is 528 g/mol. The number of nitrogens with zero attached hydrogens (tertiary/aromatic N) is 2. The normalized spacial score (nSPS) is 12.1. The van der Waals surface area contributed by atoms with Crippen LogP contribution in [0.4, 0.5) is 4.39 Å². The highest BCUT2D eigenvalue weighted by molar-refractivity contribution is 7.88. The monoisotopic (exact) mass is 527 g/mol. The second-order valence-electron chi connectivity index (χ2n) is 8.55. The van der Waals surface area contributed by atoms with E-state index < -0.39 is 40.2 Å². The van der Waals surface area contributed by atoms with Crippen LogP contribution in [-0.4, -0.2) is 56.4 Å². The largest absolute Gasteiger partial charge is 0.497 e. The third-order valence-corrected chi connectivity index (χ3v) is 7.07. The van der Waals surface area contributed by atoms with E-state index >= 15 is 0 Å². The first kappa shape index (κ1) is 27.8. The van der Waals surface area contributed by atoms with Gasteiger partial charge < -0.3 is 15.0 Å². The molecule has 0 unspecified atom stereocenters. The molecule has 0 aliphatic rings. The van der Waals surface area contributed by atoms with Gasteiger partial charge in [0, 0.05) is 20.1 Å². The summed E-state index contributed by atoms with van der Waals surface area (Å²) in [6.07, 6.45) is 1.00. The molecule has 0 saturated carbocycles. The number of nitrogens with one attached hydrogen (secondary N) is 1. The molecule has 0 heterocycles. The molecule has 0 radical (unpaired) electrons. The first-order valence-electron chi connectivity index (χ1n) is 11.5. The van der Waals surface area contributed by atoms with Gasteiger partial charge in [-0.15, -0.1) is 0 Å². The molecule has 37 heavy (non-hydrogen) atoms. The first-order valence-corrected chi connectivity index (χ1v) is 13.3. The fourth-order valence-electron chi connectivity index (χ4n) is 3.65. The van der Waals surface area contributed by atoms with Crippen LogP contribution in [0.5, 0.6) is 5.75 Å². The number of hydrogen-bond acceptors (Lipinski definition) is 5. The van der Waals surface area contributed by atoms with E-state index in [9.17, 15) is 22.4 Å². The van der Waals surface area contributed by atoms with E-state index in [2.05, 4.69) is 5.32 Å². The summed E-state index contributed by atoms with van der Waals surface area (Å²) in [6.45, 7) is -0.296. The number of hydrogen-bond donors (Lipinski definition) is 1. The molecule has 0 aliphatic carbocycles. The fraction of sp³-hybridized carbons (Fsp3) is 0.259. The maximum absolute atomic E-state index is 13.6. The summed E-state index contributed by atoms with van der Waals surface area (Å²) in [6, 6.07) is 20.5. The van der Waals surface area contributed by atoms with Crippen molar-refractivity contribution in [3.8, 4) is 5.75 Å². The van der Waals surface area contributed by atoms with Crippen molar-refractivity contribution in [1.29, 1.82) is 0 Å². The lowest BCUT2D eigenvalue weighted by atomic mass is 10.0. The molecule has 10 heteroatoms. The molecule has 0 saturated heterocycles. The Bertz CT molecular complexity index is 1300. The van der Waals surface area contributed by atoms with Crippen molar-refractivity contribution in [2.75, 3.05) is 27.0 Å². The zero-order chi connectivity index (χ0) is 27.0. The van der Waals surface area contributed by atoms with Gasteiger partial charge in [-0.1, -0.05) is 54.6 Å². The van der Waals surface area contributed by atoms with E-state index in [-0.39, 0.29) is 13.1 Å². The standard InChI is InChI=1S/C27H30FN3O5S/c1-30(37(3,34)35)19-25(32)31(18-21-9-13-23(28)14-10-21)26(22-7-5-4-6-8-22)27(33)29-17-20-11-15-24(36-2)16-12-20/h4-16,26H,17-19H2,1-3H3,(H,29,33)/t26-/m0/s1. The number of carbonyl (C=O) groups is 2. The van der Waals surface area contributed by atoms with Crippen molar-refractivity contribution in [2.45, 2.75) is 19.1 Å². The number of carbonyl (C=O) groups excluding carboxylic acids is 2. The minimum absolute atomic E-state index is 0.0355. The Morgan fingerprint density at radius 1 is 0.946 bits per heavy atom. The van der Waals surface area contributed by atoms with Gasteiger partial charge in [-0.05, 0) is 41.0 Å². The van der Waals surface area contributed by atoms with Gasteiger partial charge in [-0.2, -0.15) is 4.31 Å². The molecular formula is C27H30FN3O5S. The summed E-state index contributed by atoms with van der Waals surface area (Å²) in [4.78, 5) is 28.4. The van der Waals surface area contributed by atoms with Crippen LogP contribution < -0.4 is 10.1 Å². The van der Waals surface area contributed by atoms with Crippen LogP contribution in [-0.2, 0) is 32.7 Å². The minimum atomic E-state index is -3.65. The summed E-state index contributed by atoms with van der Waals surface area (Å²) in [7, 11) is -0.786. The van der Waals surface area contributed by atoms with Crippen molar-refractivity contribution in [3.63, 3.8) is 0 Å². The van der Waals surface area contributed by atoms with Crippen LogP contribution in [0.1, 0.15) is 22.7 Å². The second-order valence-corrected chi connectivity index (χ2v) is 10.6. The quantitative estimate of drug-likeness (QED) is 0.414. The molecule has 1 atom stereocenters. The highest BCUT2D eigenvalue weighted by Crippen LogP contribution is 2.25. The molecule has 196 valence electrons. The molecule has 2 amide bonds. The third kappa shape index (κ3) is 7.86. The van der Waals surface area contributed by atoms with Crippen LogP contribution in [0, 0.1) is 5.82 Å². The average Bonchev–Trinajstić information content (AvgIpc) is 2.88. The number of rotatable bonds is 11. The summed E-state index contributed by atoms with van der Waals surface area (Å²) >= 11 is 0. The Hall–Kier alpha value is -3.76. The third-order valence-electron chi connectivity index (χ3n) is 5.81. The molecule has 0 aliphatic heterocycles. The number of likely N-dealkylation sites (N-methyl/N-ethyl adjacent to an activating group) is 1. The van der Waals surface area contributed by atoms with Crippen LogP contribution in [0.3, 0.4) is 0 Å². The minimum Gasteiger partial charge on any atom is -0.497 e. The Balaban J connectivity index is 1.95. The topological polar surface area (TPSA) is 96.0 Å². The van der Waals surface area contributed by atoms with Gasteiger partial charge in [-0.25, -0.2) is 12.8 Å². The van der Waals surface area contributed by atoms with Crippen molar-refractivity contribution in [1.82, 2.24) is 14.5 Å². The van der Waals surface area contributed by atoms with E-state index in [1.165, 1.54) is 36.2 Å². The number of halogens is 1. The smallest absolute Gasteiger partial charge is 0.247 e. The molecule has 8 nitrogen and oxygen atoms in total. The molecule has 0 aromatic heterocycles. The van der Waals surface area contributed by atoms with Crippen molar-refractivity contribution in [2.24, 2.45) is 0 Å². The van der Waals surface area contributed by atoms with Crippen molar-refractivity contribution < 1.29 is 27.1 Å². The first-order chi connectivity index (χ1) is 17.6. The molecule has 1 N–H and O–H groups in total. The molecule has 3 aromatic carbocycles. The van der Waals surface area contributed by atoms with Gasteiger partial charge in [-0.3, -0.25) is 9.59 Å². The van der Waals surface area contributed by atoms with Crippen LogP contribution >= 0.6 is 0 Å². The fourth-order valence-corrected chi connectivity index (χ4v) is 3.99. The molecule has 3 aromatic rings. The zero-order valence-corrected chi connectivity index (χ0v) is 21.7. The highest BCUT2D eigenvalue weighted by atomic mass is 32.2. The van der Waals surface area contributed by atoms with Crippen LogP contribution in [0.15, 0.2) is 78.9 Å². The van der Waals surface area contributed by atoms with E-state index in [4.69, 9.17) is 4.74 Å². The number of benzene rings is 3. The highest BCUT2D eigenvalue weighted by Gasteiger charge is 2.32. The van der Waals surface area contributed by atoms with Gasteiger partial charge in [0.05, 0.1) is 19.9 Å². The van der Waals surface area contributed by atoms with Gasteiger partial charge in [0.2, 0.25) is 21.8 Å². The van der Waals surface area contributed by atoms with Crippen LogP contribution in [0.2, 0.25) is 0 Å². The Morgan fingerprint density at radius 2 is 1.54 bits per heavy atom. The number of amides is 2. The lowest BCUT2D eigenvalue weighted by Crippen LogP contribution is -2.47. The van der Waals surface area contributed by atoms with E-state index in [0.717, 1.165) is 16.1 Å². The molecular weight excluding hydrogens is 497 g/mol. The zero-order valence-electron chi connectivity index (χ0n) is 20.9. The van der Waals surface area contributed by atoms with Gasteiger partial charge in [0.15, 0.2) is 0 Å². The lowest BCUT2D eigenvalue weighted by molar-refractivity contribution is -0.141. The Kier molecular flexibility index (Phi) is 9.37. The number of methoxy groups -OCH3 is 1. The molecule has 0 bridgehead atoms. The maximum Gasteiger partial charge on any atom is 0.247 e. The molecule has 0 fully saturated rings. The molecule has 0 spiro atoms. The number of ether oxygens (including phenoxy) is 1. The maximum atomic E-state index is 13.6. The molecule has 3 rings (SSSR count). The predicted molar refractivity (Wildman–Crippen MR) is 138 cm³/mol. The van der Waals surface area contributed by atoms with Crippen molar-refractivity contribution >= 4 is 21.8 Å². The summed E-state index contributed by atoms with van der Waals surface area (Å²) < 4.78 is 43.6. The van der Waals surface area contributed by atoms with Gasteiger partial charge in [0.1, 0.15) is 17.6 Å². The summed E-state index contributed by atoms with van der Waals surface area (Å²) in [5.74, 6) is -0.774. The SMILES string of the molecule is COc1ccc(CNC(=O)[C@H](c2ccccc2)N(Cc2ccc(F)cc2)C(=O)CN(C)S(C)(=O)=O)cc1. The Labute approximate surface area is 216 Å². The second kappa shape index (κ2) is 12.5. The Morgan fingerprint density at radius 3 is 2.11 bits per heavy atom.